The molecule has 0 saturated heterocycles. The minimum absolute atomic E-state index is 0.248. The Morgan fingerprint density at radius 3 is 2.96 bits per heavy atom. The number of carbonyl (C=O) groups is 1. The lowest BCUT2D eigenvalue weighted by Gasteiger charge is -2.18. The van der Waals surface area contributed by atoms with E-state index in [2.05, 4.69) is 34.7 Å². The van der Waals surface area contributed by atoms with E-state index in [0.29, 0.717) is 13.0 Å². The Morgan fingerprint density at radius 2 is 2.08 bits per heavy atom. The monoisotopic (exact) mass is 349 g/mol. The highest BCUT2D eigenvalue weighted by Crippen LogP contribution is 2.31. The molecular weight excluding hydrogens is 326 g/mol. The Bertz CT molecular complexity index is 947. The van der Waals surface area contributed by atoms with Crippen LogP contribution in [-0.2, 0) is 12.8 Å². The van der Waals surface area contributed by atoms with Crippen molar-refractivity contribution in [2.75, 3.05) is 6.54 Å². The SMILES string of the molecule is Cc1cccc2[nH]cc(CCNC(=O)N[C@@H]3c4ccccc4C[C@@H]3O)c12. The smallest absolute Gasteiger partial charge is 0.315 e. The molecule has 4 rings (SSSR count). The number of fused-ring (bicyclic) bond motifs is 2. The number of hydrogen-bond acceptors (Lipinski definition) is 2. The summed E-state index contributed by atoms with van der Waals surface area (Å²) in [6, 6.07) is 13.4. The number of carbonyl (C=O) groups excluding carboxylic acids is 1. The first-order valence-corrected chi connectivity index (χ1v) is 8.99. The van der Waals surface area contributed by atoms with E-state index in [1.165, 1.54) is 16.5 Å². The van der Waals surface area contributed by atoms with Gasteiger partial charge in [0.2, 0.25) is 0 Å². The lowest BCUT2D eigenvalue weighted by Crippen LogP contribution is -2.41. The van der Waals surface area contributed by atoms with E-state index >= 15 is 0 Å². The quantitative estimate of drug-likeness (QED) is 0.584. The third kappa shape index (κ3) is 3.06. The van der Waals surface area contributed by atoms with Gasteiger partial charge in [-0.3, -0.25) is 0 Å². The third-order valence-corrected chi connectivity index (χ3v) is 5.17. The first-order valence-electron chi connectivity index (χ1n) is 8.99. The minimum atomic E-state index is -0.575. The largest absolute Gasteiger partial charge is 0.390 e. The number of rotatable bonds is 4. The lowest BCUT2D eigenvalue weighted by molar-refractivity contribution is 0.142. The van der Waals surface area contributed by atoms with Crippen LogP contribution in [0.3, 0.4) is 0 Å². The van der Waals surface area contributed by atoms with Gasteiger partial charge in [-0.25, -0.2) is 4.79 Å². The van der Waals surface area contributed by atoms with E-state index in [9.17, 15) is 9.90 Å². The van der Waals surface area contributed by atoms with E-state index in [1.54, 1.807) is 0 Å². The topological polar surface area (TPSA) is 77.2 Å². The summed E-state index contributed by atoms with van der Waals surface area (Å²) in [6.07, 6.45) is 2.76. The van der Waals surface area contributed by atoms with Crippen LogP contribution in [0.5, 0.6) is 0 Å². The fraction of sp³-hybridized carbons (Fsp3) is 0.286. The first-order chi connectivity index (χ1) is 12.6. The minimum Gasteiger partial charge on any atom is -0.390 e. The molecule has 0 bridgehead atoms. The van der Waals surface area contributed by atoms with E-state index in [-0.39, 0.29) is 12.1 Å². The number of urea groups is 1. The average molecular weight is 349 g/mol. The molecule has 1 heterocycles. The summed E-state index contributed by atoms with van der Waals surface area (Å²) in [7, 11) is 0. The number of benzene rings is 2. The number of hydrogen-bond donors (Lipinski definition) is 4. The van der Waals surface area contributed by atoms with Crippen LogP contribution in [-0.4, -0.2) is 28.8 Å². The Morgan fingerprint density at radius 1 is 1.23 bits per heavy atom. The molecule has 5 nitrogen and oxygen atoms in total. The van der Waals surface area contributed by atoms with Gasteiger partial charge in [-0.2, -0.15) is 0 Å². The number of H-pyrrole nitrogens is 1. The summed E-state index contributed by atoms with van der Waals surface area (Å²) < 4.78 is 0. The zero-order valence-electron chi connectivity index (χ0n) is 14.8. The van der Waals surface area contributed by atoms with Crippen molar-refractivity contribution in [2.24, 2.45) is 0 Å². The highest BCUT2D eigenvalue weighted by molar-refractivity contribution is 5.86. The Kier molecular flexibility index (Phi) is 4.39. The molecule has 1 aliphatic carbocycles. The van der Waals surface area contributed by atoms with Gasteiger partial charge in [0.05, 0.1) is 12.1 Å². The molecule has 4 N–H and O–H groups in total. The molecule has 2 aromatic carbocycles. The number of aromatic amines is 1. The van der Waals surface area contributed by atoms with E-state index in [1.807, 2.05) is 36.5 Å². The van der Waals surface area contributed by atoms with E-state index in [0.717, 1.165) is 23.1 Å². The van der Waals surface area contributed by atoms with Gasteiger partial charge in [0, 0.05) is 30.1 Å². The Labute approximate surface area is 152 Å². The van der Waals surface area contributed by atoms with Gasteiger partial charge >= 0.3 is 6.03 Å². The molecule has 0 aliphatic heterocycles. The van der Waals surface area contributed by atoms with Crippen molar-refractivity contribution in [3.63, 3.8) is 0 Å². The first kappa shape index (κ1) is 16.7. The molecule has 1 aromatic heterocycles. The van der Waals surface area contributed by atoms with Crippen LogP contribution < -0.4 is 10.6 Å². The van der Waals surface area contributed by atoms with Gasteiger partial charge in [-0.15, -0.1) is 0 Å². The number of aliphatic hydroxyl groups excluding tert-OH is 1. The average Bonchev–Trinajstić information content (AvgIpc) is 3.18. The van der Waals surface area contributed by atoms with Crippen molar-refractivity contribution >= 4 is 16.9 Å². The molecule has 26 heavy (non-hydrogen) atoms. The molecule has 0 fully saturated rings. The zero-order valence-corrected chi connectivity index (χ0v) is 14.8. The van der Waals surface area contributed by atoms with Gasteiger partial charge in [-0.05, 0) is 41.7 Å². The summed E-state index contributed by atoms with van der Waals surface area (Å²) in [4.78, 5) is 15.6. The van der Waals surface area contributed by atoms with Gasteiger partial charge in [0.25, 0.3) is 0 Å². The normalized spacial score (nSPS) is 18.7. The number of nitrogens with one attached hydrogen (secondary N) is 3. The molecule has 5 heteroatoms. The van der Waals surface area contributed by atoms with Crippen LogP contribution in [0.15, 0.2) is 48.7 Å². The predicted octanol–water partition coefficient (Wildman–Crippen LogP) is 2.98. The predicted molar refractivity (Wildman–Crippen MR) is 102 cm³/mol. The molecule has 0 saturated carbocycles. The molecule has 0 unspecified atom stereocenters. The fourth-order valence-electron chi connectivity index (χ4n) is 3.90. The second kappa shape index (κ2) is 6.84. The highest BCUT2D eigenvalue weighted by Gasteiger charge is 2.31. The van der Waals surface area contributed by atoms with Crippen LogP contribution >= 0.6 is 0 Å². The second-order valence-corrected chi connectivity index (χ2v) is 6.91. The summed E-state index contributed by atoms with van der Waals surface area (Å²) >= 11 is 0. The van der Waals surface area contributed by atoms with Gasteiger partial charge in [-0.1, -0.05) is 36.4 Å². The number of aryl methyl sites for hydroxylation is 1. The maximum atomic E-state index is 12.3. The maximum absolute atomic E-state index is 12.3. The van der Waals surface area contributed by atoms with Crippen LogP contribution in [0.4, 0.5) is 4.79 Å². The van der Waals surface area contributed by atoms with Crippen molar-refractivity contribution in [1.29, 1.82) is 0 Å². The van der Waals surface area contributed by atoms with Crippen molar-refractivity contribution in [1.82, 2.24) is 15.6 Å². The van der Waals surface area contributed by atoms with Crippen LogP contribution in [0, 0.1) is 6.92 Å². The van der Waals surface area contributed by atoms with Gasteiger partial charge in [0.15, 0.2) is 0 Å². The van der Waals surface area contributed by atoms with Crippen molar-refractivity contribution in [3.05, 3.63) is 70.9 Å². The highest BCUT2D eigenvalue weighted by atomic mass is 16.3. The summed E-state index contributed by atoms with van der Waals surface area (Å²) in [5.41, 5.74) is 5.65. The summed E-state index contributed by atoms with van der Waals surface area (Å²) in [6.45, 7) is 2.64. The lowest BCUT2D eigenvalue weighted by atomic mass is 10.1. The number of aliphatic hydroxyl groups is 1. The molecule has 1 aliphatic rings. The molecular formula is C21H23N3O2. The zero-order chi connectivity index (χ0) is 18.1. The van der Waals surface area contributed by atoms with Gasteiger partial charge in [0.1, 0.15) is 0 Å². The Balaban J connectivity index is 1.36. The number of amides is 2. The second-order valence-electron chi connectivity index (χ2n) is 6.91. The van der Waals surface area contributed by atoms with Gasteiger partial charge < -0.3 is 20.7 Å². The third-order valence-electron chi connectivity index (χ3n) is 5.17. The molecule has 3 aromatic rings. The van der Waals surface area contributed by atoms with Crippen molar-refractivity contribution in [3.8, 4) is 0 Å². The van der Waals surface area contributed by atoms with Crippen molar-refractivity contribution in [2.45, 2.75) is 31.9 Å². The standard InChI is InChI=1S/C21H23N3O2/c1-13-5-4-8-17-19(13)15(12-23-17)9-10-22-21(26)24-20-16-7-3-2-6-14(16)11-18(20)25/h2-8,12,18,20,23,25H,9-11H2,1H3,(H2,22,24,26)/t18-,20+/m0/s1. The summed E-state index contributed by atoms with van der Waals surface area (Å²) in [5.74, 6) is 0. The fourth-order valence-corrected chi connectivity index (χ4v) is 3.90. The Hall–Kier alpha value is -2.79. The maximum Gasteiger partial charge on any atom is 0.315 e. The molecule has 0 spiro atoms. The van der Waals surface area contributed by atoms with Crippen LogP contribution in [0.2, 0.25) is 0 Å². The molecule has 2 amide bonds. The van der Waals surface area contributed by atoms with Crippen molar-refractivity contribution < 1.29 is 9.90 Å². The van der Waals surface area contributed by atoms with E-state index in [4.69, 9.17) is 0 Å². The van der Waals surface area contributed by atoms with E-state index < -0.39 is 6.10 Å². The number of aromatic nitrogens is 1. The molecule has 2 atom stereocenters. The molecule has 134 valence electrons. The molecule has 0 radical (unpaired) electrons. The van der Waals surface area contributed by atoms with Crippen LogP contribution in [0.1, 0.15) is 28.3 Å². The van der Waals surface area contributed by atoms with Crippen LogP contribution in [0.25, 0.3) is 10.9 Å². The summed E-state index contributed by atoms with van der Waals surface area (Å²) in [5, 5.41) is 17.3.